The lowest BCUT2D eigenvalue weighted by atomic mass is 10.2. The minimum atomic E-state index is -4.49. The van der Waals surface area contributed by atoms with Crippen LogP contribution in [0.1, 0.15) is 30.4 Å². The number of rotatable bonds is 5. The molecule has 7 heteroatoms. The standard InChI is InChI=1S/C16H19F3N2OS/c1-5-6-7-8-12(2)21-23(4,22)13(3)14-9-10-15(20-11-14)16(17,18)19/h5-11,13H,2H2,1,3-4H3/b6-5-,8-7-. The van der Waals surface area contributed by atoms with Gasteiger partial charge in [0.05, 0.1) is 20.7 Å². The van der Waals surface area contributed by atoms with Crippen molar-refractivity contribution >= 4 is 9.73 Å². The number of allylic oxidation sites excluding steroid dienone is 4. The molecule has 2 atom stereocenters. The van der Waals surface area contributed by atoms with Gasteiger partial charge < -0.3 is 0 Å². The molecule has 0 N–H and O–H groups in total. The normalized spacial score (nSPS) is 16.4. The number of nitrogens with zero attached hydrogens (tertiary/aromatic N) is 2. The molecule has 0 radical (unpaired) electrons. The number of aromatic nitrogens is 1. The molecule has 0 aliphatic rings. The Kier molecular flexibility index (Phi) is 6.32. The third-order valence-electron chi connectivity index (χ3n) is 3.09. The first-order valence-corrected chi connectivity index (χ1v) is 8.79. The van der Waals surface area contributed by atoms with E-state index in [1.165, 1.54) is 12.3 Å². The van der Waals surface area contributed by atoms with E-state index in [1.54, 1.807) is 25.2 Å². The van der Waals surface area contributed by atoms with Gasteiger partial charge in [0.25, 0.3) is 0 Å². The van der Waals surface area contributed by atoms with E-state index in [2.05, 4.69) is 15.9 Å². The minimum absolute atomic E-state index is 0.335. The highest BCUT2D eigenvalue weighted by atomic mass is 32.2. The van der Waals surface area contributed by atoms with Crippen LogP contribution in [-0.2, 0) is 15.9 Å². The first kappa shape index (κ1) is 19.2. The SMILES string of the molecule is C=C(/C=C\C=C/C)N=S(C)(=O)C(C)c1ccc(C(F)(F)F)nc1. The zero-order chi connectivity index (χ0) is 17.7. The van der Waals surface area contributed by atoms with Crippen LogP contribution in [0.15, 0.2) is 59.3 Å². The van der Waals surface area contributed by atoms with E-state index in [0.29, 0.717) is 11.3 Å². The molecular weight excluding hydrogens is 325 g/mol. The van der Waals surface area contributed by atoms with Crippen LogP contribution < -0.4 is 0 Å². The van der Waals surface area contributed by atoms with E-state index in [4.69, 9.17) is 0 Å². The first-order valence-electron chi connectivity index (χ1n) is 6.80. The van der Waals surface area contributed by atoms with Gasteiger partial charge >= 0.3 is 6.18 Å². The van der Waals surface area contributed by atoms with Crippen LogP contribution >= 0.6 is 0 Å². The fourth-order valence-electron chi connectivity index (χ4n) is 1.69. The van der Waals surface area contributed by atoms with Gasteiger partial charge in [-0.2, -0.15) is 17.5 Å². The van der Waals surface area contributed by atoms with Crippen molar-refractivity contribution in [3.8, 4) is 0 Å². The number of hydrogen-bond acceptors (Lipinski definition) is 3. The highest BCUT2D eigenvalue weighted by Crippen LogP contribution is 2.29. The van der Waals surface area contributed by atoms with Crippen molar-refractivity contribution in [2.75, 3.05) is 6.26 Å². The minimum Gasteiger partial charge on any atom is -0.251 e. The summed E-state index contributed by atoms with van der Waals surface area (Å²) in [4.78, 5) is 3.39. The second-order valence-electron chi connectivity index (χ2n) is 4.95. The van der Waals surface area contributed by atoms with Gasteiger partial charge in [0.15, 0.2) is 0 Å². The van der Waals surface area contributed by atoms with Gasteiger partial charge in [0.1, 0.15) is 5.69 Å². The van der Waals surface area contributed by atoms with Gasteiger partial charge in [-0.25, -0.2) is 4.21 Å². The third kappa shape index (κ3) is 5.67. The maximum absolute atomic E-state index is 12.7. The highest BCUT2D eigenvalue weighted by Gasteiger charge is 2.32. The van der Waals surface area contributed by atoms with Crippen LogP contribution in [0, 0.1) is 0 Å². The van der Waals surface area contributed by atoms with Gasteiger partial charge in [-0.1, -0.05) is 30.9 Å². The van der Waals surface area contributed by atoms with Crippen LogP contribution in [0.25, 0.3) is 0 Å². The predicted molar refractivity (Wildman–Crippen MR) is 87.2 cm³/mol. The van der Waals surface area contributed by atoms with Gasteiger partial charge in [0.2, 0.25) is 0 Å². The summed E-state index contributed by atoms with van der Waals surface area (Å²) in [6.45, 7) is 7.20. The summed E-state index contributed by atoms with van der Waals surface area (Å²) < 4.78 is 54.3. The van der Waals surface area contributed by atoms with Gasteiger partial charge in [-0.3, -0.25) is 4.98 Å². The summed E-state index contributed by atoms with van der Waals surface area (Å²) >= 11 is 0. The molecule has 0 spiro atoms. The molecule has 0 aliphatic heterocycles. The Morgan fingerprint density at radius 1 is 1.39 bits per heavy atom. The van der Waals surface area contributed by atoms with E-state index in [1.807, 2.05) is 13.0 Å². The van der Waals surface area contributed by atoms with Crippen molar-refractivity contribution in [3.63, 3.8) is 0 Å². The van der Waals surface area contributed by atoms with Crippen LogP contribution in [-0.4, -0.2) is 15.4 Å². The highest BCUT2D eigenvalue weighted by molar-refractivity contribution is 7.93. The molecule has 0 saturated heterocycles. The molecule has 1 aromatic rings. The average molecular weight is 344 g/mol. The van der Waals surface area contributed by atoms with Crippen molar-refractivity contribution < 1.29 is 17.4 Å². The number of alkyl halides is 3. The van der Waals surface area contributed by atoms with E-state index < -0.39 is 26.8 Å². The maximum atomic E-state index is 12.7. The Balaban J connectivity index is 3.04. The van der Waals surface area contributed by atoms with Crippen molar-refractivity contribution in [2.45, 2.75) is 25.3 Å². The van der Waals surface area contributed by atoms with Crippen molar-refractivity contribution in [2.24, 2.45) is 4.36 Å². The molecule has 0 saturated carbocycles. The lowest BCUT2D eigenvalue weighted by Gasteiger charge is -2.15. The Hall–Kier alpha value is -1.89. The molecule has 3 nitrogen and oxygen atoms in total. The summed E-state index contributed by atoms with van der Waals surface area (Å²) in [7, 11) is -2.72. The molecule has 2 unspecified atom stereocenters. The zero-order valence-electron chi connectivity index (χ0n) is 13.2. The van der Waals surface area contributed by atoms with E-state index in [9.17, 15) is 17.4 Å². The van der Waals surface area contributed by atoms with E-state index >= 15 is 0 Å². The Bertz CT molecular complexity index is 725. The molecule has 0 bridgehead atoms. The second-order valence-corrected chi connectivity index (χ2v) is 7.56. The topological polar surface area (TPSA) is 42.3 Å². The fourth-order valence-corrected chi connectivity index (χ4v) is 3.02. The predicted octanol–water partition coefficient (Wildman–Crippen LogP) is 4.91. The quantitative estimate of drug-likeness (QED) is 0.713. The molecule has 126 valence electrons. The Morgan fingerprint density at radius 2 is 2.04 bits per heavy atom. The van der Waals surface area contributed by atoms with E-state index in [-0.39, 0.29) is 0 Å². The number of hydrogen-bond donors (Lipinski definition) is 0. The second kappa shape index (κ2) is 7.59. The Labute approximate surface area is 134 Å². The summed E-state index contributed by atoms with van der Waals surface area (Å²) in [5.41, 5.74) is -0.214. The largest absolute Gasteiger partial charge is 0.433 e. The van der Waals surface area contributed by atoms with Crippen molar-refractivity contribution in [3.05, 3.63) is 66.2 Å². The fraction of sp³-hybridized carbons (Fsp3) is 0.312. The van der Waals surface area contributed by atoms with Crippen LogP contribution in [0.3, 0.4) is 0 Å². The van der Waals surface area contributed by atoms with Crippen molar-refractivity contribution in [1.29, 1.82) is 0 Å². The third-order valence-corrected chi connectivity index (χ3v) is 5.27. The molecule has 1 rings (SSSR count). The molecule has 0 fully saturated rings. The molecule has 1 aromatic heterocycles. The summed E-state index contributed by atoms with van der Waals surface area (Å²) in [5.74, 6) is 0. The lowest BCUT2D eigenvalue weighted by molar-refractivity contribution is -0.141. The van der Waals surface area contributed by atoms with Crippen molar-refractivity contribution in [1.82, 2.24) is 4.98 Å². The maximum Gasteiger partial charge on any atom is 0.433 e. The zero-order valence-corrected chi connectivity index (χ0v) is 14.0. The van der Waals surface area contributed by atoms with Crippen LogP contribution in [0.4, 0.5) is 13.2 Å². The first-order chi connectivity index (χ1) is 10.6. The van der Waals surface area contributed by atoms with Crippen LogP contribution in [0.2, 0.25) is 0 Å². The van der Waals surface area contributed by atoms with E-state index in [0.717, 1.165) is 12.3 Å². The van der Waals surface area contributed by atoms with Gasteiger partial charge in [-0.15, -0.1) is 0 Å². The molecule has 23 heavy (non-hydrogen) atoms. The summed E-state index contributed by atoms with van der Waals surface area (Å²) in [6.07, 6.45) is 4.97. The molecule has 0 aliphatic carbocycles. The smallest absolute Gasteiger partial charge is 0.251 e. The number of halogens is 3. The Morgan fingerprint density at radius 3 is 2.52 bits per heavy atom. The monoisotopic (exact) mass is 344 g/mol. The number of pyridine rings is 1. The van der Waals surface area contributed by atoms with Gasteiger partial charge in [0, 0.05) is 12.5 Å². The molecule has 0 amide bonds. The van der Waals surface area contributed by atoms with Crippen LogP contribution in [0.5, 0.6) is 0 Å². The molecule has 1 heterocycles. The molecule has 0 aromatic carbocycles. The molecular formula is C16H19F3N2OS. The van der Waals surface area contributed by atoms with Gasteiger partial charge in [-0.05, 0) is 31.6 Å². The lowest BCUT2D eigenvalue weighted by Crippen LogP contribution is -2.11. The summed E-state index contributed by atoms with van der Waals surface area (Å²) in [6, 6.07) is 2.15. The summed E-state index contributed by atoms with van der Waals surface area (Å²) in [5, 5.41) is -0.579. The average Bonchev–Trinajstić information content (AvgIpc) is 2.45.